The average molecular weight is 451 g/mol. The second kappa shape index (κ2) is 9.62. The maximum atomic E-state index is 14.3. The van der Waals surface area contributed by atoms with E-state index in [-0.39, 0.29) is 17.1 Å². The second-order valence-electron chi connectivity index (χ2n) is 9.22. The third-order valence-corrected chi connectivity index (χ3v) is 6.58. The smallest absolute Gasteiger partial charge is 0.311 e. The average Bonchev–Trinajstić information content (AvgIpc) is 3.33. The van der Waals surface area contributed by atoms with Gasteiger partial charge in [-0.15, -0.1) is 0 Å². The van der Waals surface area contributed by atoms with E-state index in [1.54, 1.807) is 30.5 Å². The van der Waals surface area contributed by atoms with Gasteiger partial charge in [0.05, 0.1) is 5.92 Å². The Morgan fingerprint density at radius 3 is 2.70 bits per heavy atom. The minimum Gasteiger partial charge on any atom is -0.454 e. The van der Waals surface area contributed by atoms with Crippen molar-refractivity contribution in [1.82, 2.24) is 0 Å². The molecule has 6 nitrogen and oxygen atoms in total. The van der Waals surface area contributed by atoms with Crippen LogP contribution in [-0.4, -0.2) is 18.8 Å². The monoisotopic (exact) mass is 450 g/mol. The van der Waals surface area contributed by atoms with E-state index < -0.39 is 23.8 Å². The third kappa shape index (κ3) is 5.16. The number of benzene rings is 2. The Bertz CT molecular complexity index is 1060. The molecule has 2 aliphatic carbocycles. The highest BCUT2D eigenvalue weighted by Crippen LogP contribution is 2.58. The molecule has 33 heavy (non-hydrogen) atoms. The van der Waals surface area contributed by atoms with Gasteiger partial charge in [-0.05, 0) is 48.4 Å². The van der Waals surface area contributed by atoms with Crippen molar-refractivity contribution >= 4 is 12.2 Å². The van der Waals surface area contributed by atoms with Crippen LogP contribution in [-0.2, 0) is 14.4 Å². The maximum Gasteiger partial charge on any atom is 0.311 e. The van der Waals surface area contributed by atoms with Crippen LogP contribution in [0.1, 0.15) is 44.8 Å². The normalized spacial score (nSPS) is 22.1. The van der Waals surface area contributed by atoms with Gasteiger partial charge in [-0.3, -0.25) is 4.79 Å². The number of para-hydroxylation sites is 1. The van der Waals surface area contributed by atoms with E-state index in [0.717, 1.165) is 0 Å². The van der Waals surface area contributed by atoms with E-state index >= 15 is 0 Å². The Kier molecular flexibility index (Phi) is 6.64. The minimum absolute atomic E-state index is 0.0460. The van der Waals surface area contributed by atoms with Crippen molar-refractivity contribution in [3.63, 3.8) is 0 Å². The first-order chi connectivity index (χ1) is 15.9. The molecule has 0 bridgehead atoms. The van der Waals surface area contributed by atoms with Crippen molar-refractivity contribution in [1.29, 1.82) is 5.26 Å². The lowest BCUT2D eigenvalue weighted by Gasteiger charge is -2.23. The fourth-order valence-electron chi connectivity index (χ4n) is 4.06. The van der Waals surface area contributed by atoms with E-state index in [0.29, 0.717) is 23.8 Å². The molecular weight excluding hydrogens is 423 g/mol. The number of oxime groups is 1. The molecule has 2 saturated carbocycles. The van der Waals surface area contributed by atoms with E-state index in [1.807, 2.05) is 26.0 Å². The van der Waals surface area contributed by atoms with Gasteiger partial charge in [-0.25, -0.2) is 4.39 Å². The summed E-state index contributed by atoms with van der Waals surface area (Å²) in [5, 5.41) is 13.7. The number of ether oxygens (including phenoxy) is 2. The highest BCUT2D eigenvalue weighted by atomic mass is 19.1. The van der Waals surface area contributed by atoms with Crippen LogP contribution in [0.3, 0.4) is 0 Å². The molecule has 7 heteroatoms. The quantitative estimate of drug-likeness (QED) is 0.274. The lowest BCUT2D eigenvalue weighted by atomic mass is 9.86. The summed E-state index contributed by atoms with van der Waals surface area (Å²) in [5.74, 6) is -0.626. The first-order valence-corrected chi connectivity index (χ1v) is 11.2. The van der Waals surface area contributed by atoms with Gasteiger partial charge in [0.15, 0.2) is 11.6 Å². The zero-order chi connectivity index (χ0) is 23.4. The van der Waals surface area contributed by atoms with Gasteiger partial charge < -0.3 is 14.3 Å². The molecule has 0 saturated heterocycles. The van der Waals surface area contributed by atoms with Crippen LogP contribution in [0.5, 0.6) is 11.5 Å². The SMILES string of the molecule is CC1(C)C(C=NOCC2CCC2)C1C(=O)OC(C#N)c1ccc(F)c(Oc2ccccc2)c1. The number of carbonyl (C=O) groups is 1. The van der Waals surface area contributed by atoms with Crippen LogP contribution in [0.4, 0.5) is 4.39 Å². The lowest BCUT2D eigenvalue weighted by molar-refractivity contribution is -0.149. The Morgan fingerprint density at radius 1 is 1.27 bits per heavy atom. The topological polar surface area (TPSA) is 80.9 Å². The number of halogens is 1. The van der Waals surface area contributed by atoms with Crippen molar-refractivity contribution in [2.24, 2.45) is 28.3 Å². The predicted molar refractivity (Wildman–Crippen MR) is 120 cm³/mol. The Morgan fingerprint density at radius 2 is 2.03 bits per heavy atom. The molecule has 2 aromatic rings. The standard InChI is InChI=1S/C26H27FN2O4/c1-26(2)20(15-29-31-16-17-7-6-8-17)24(26)25(30)33-23(14-28)18-11-12-21(27)22(13-18)32-19-9-4-3-5-10-19/h3-5,9-13,15,17,20,23-24H,6-8,16H2,1-2H3. The van der Waals surface area contributed by atoms with Gasteiger partial charge in [0.25, 0.3) is 0 Å². The number of esters is 1. The number of nitrogens with zero attached hydrogens (tertiary/aromatic N) is 2. The van der Waals surface area contributed by atoms with E-state index in [4.69, 9.17) is 14.3 Å². The molecule has 4 rings (SSSR count). The van der Waals surface area contributed by atoms with Gasteiger partial charge >= 0.3 is 5.97 Å². The minimum atomic E-state index is -1.18. The highest BCUT2D eigenvalue weighted by molar-refractivity contribution is 5.85. The number of carbonyl (C=O) groups excluding carboxylic acids is 1. The number of hydrogen-bond acceptors (Lipinski definition) is 6. The predicted octanol–water partition coefficient (Wildman–Crippen LogP) is 5.80. The molecule has 0 spiro atoms. The van der Waals surface area contributed by atoms with Crippen LogP contribution in [0.25, 0.3) is 0 Å². The summed E-state index contributed by atoms with van der Waals surface area (Å²) < 4.78 is 25.4. The van der Waals surface area contributed by atoms with Crippen LogP contribution in [0, 0.1) is 40.3 Å². The summed E-state index contributed by atoms with van der Waals surface area (Å²) in [6.07, 6.45) is 4.08. The number of hydrogen-bond donors (Lipinski definition) is 0. The van der Waals surface area contributed by atoms with Crippen LogP contribution < -0.4 is 4.74 Å². The van der Waals surface area contributed by atoms with Crippen LogP contribution in [0.2, 0.25) is 0 Å². The van der Waals surface area contributed by atoms with E-state index in [2.05, 4.69) is 5.16 Å². The first kappa shape index (κ1) is 22.8. The lowest BCUT2D eigenvalue weighted by Crippen LogP contribution is -2.16. The largest absolute Gasteiger partial charge is 0.454 e. The summed E-state index contributed by atoms with van der Waals surface area (Å²) in [6.45, 7) is 4.51. The Labute approximate surface area is 192 Å². The molecule has 3 unspecified atom stereocenters. The molecule has 0 N–H and O–H groups in total. The molecule has 0 radical (unpaired) electrons. The summed E-state index contributed by atoms with van der Waals surface area (Å²) in [7, 11) is 0. The van der Waals surface area contributed by atoms with Crippen molar-refractivity contribution in [2.45, 2.75) is 39.2 Å². The van der Waals surface area contributed by atoms with Crippen LogP contribution in [0.15, 0.2) is 53.7 Å². The van der Waals surface area contributed by atoms with Crippen molar-refractivity contribution in [2.75, 3.05) is 6.61 Å². The summed E-state index contributed by atoms with van der Waals surface area (Å²) >= 11 is 0. The Balaban J connectivity index is 1.39. The second-order valence-corrected chi connectivity index (χ2v) is 9.22. The molecule has 0 aromatic heterocycles. The maximum absolute atomic E-state index is 14.3. The van der Waals surface area contributed by atoms with Gasteiger partial charge in [0.2, 0.25) is 6.10 Å². The van der Waals surface area contributed by atoms with Gasteiger partial charge in [-0.2, -0.15) is 5.26 Å². The summed E-state index contributed by atoms with van der Waals surface area (Å²) in [4.78, 5) is 18.2. The highest BCUT2D eigenvalue weighted by Gasteiger charge is 2.62. The fourth-order valence-corrected chi connectivity index (χ4v) is 4.06. The zero-order valence-electron chi connectivity index (χ0n) is 18.7. The summed E-state index contributed by atoms with van der Waals surface area (Å²) in [6, 6.07) is 14.7. The van der Waals surface area contributed by atoms with Gasteiger partial charge in [-0.1, -0.05) is 49.7 Å². The fraction of sp³-hybridized carbons (Fsp3) is 0.423. The van der Waals surface area contributed by atoms with Crippen LogP contribution >= 0.6 is 0 Å². The first-order valence-electron chi connectivity index (χ1n) is 11.2. The molecular formula is C26H27FN2O4. The number of nitriles is 1. The number of rotatable bonds is 9. The molecule has 2 aliphatic rings. The van der Waals surface area contributed by atoms with E-state index in [9.17, 15) is 14.4 Å². The van der Waals surface area contributed by atoms with Gasteiger partial charge in [0, 0.05) is 17.7 Å². The van der Waals surface area contributed by atoms with Crippen molar-refractivity contribution in [3.05, 3.63) is 59.9 Å². The van der Waals surface area contributed by atoms with Gasteiger partial charge in [0.1, 0.15) is 18.4 Å². The molecule has 2 fully saturated rings. The summed E-state index contributed by atoms with van der Waals surface area (Å²) in [5.41, 5.74) is -0.00387. The zero-order valence-corrected chi connectivity index (χ0v) is 18.7. The molecule has 0 heterocycles. The van der Waals surface area contributed by atoms with E-state index in [1.165, 1.54) is 37.5 Å². The van der Waals surface area contributed by atoms with Crippen molar-refractivity contribution < 1.29 is 23.5 Å². The molecule has 0 amide bonds. The Hall–Kier alpha value is -3.40. The molecule has 0 aliphatic heterocycles. The molecule has 3 atom stereocenters. The van der Waals surface area contributed by atoms with Crippen molar-refractivity contribution in [3.8, 4) is 17.6 Å². The molecule has 2 aromatic carbocycles. The third-order valence-electron chi connectivity index (χ3n) is 6.58. The molecule has 172 valence electrons.